The third-order valence-electron chi connectivity index (χ3n) is 2.82. The molecule has 2 rings (SSSR count). The van der Waals surface area contributed by atoms with Crippen molar-refractivity contribution in [2.24, 2.45) is 7.05 Å². The fourth-order valence-corrected chi connectivity index (χ4v) is 3.03. The molecule has 0 aliphatic carbocycles. The van der Waals surface area contributed by atoms with Crippen molar-refractivity contribution in [2.75, 3.05) is 4.72 Å². The van der Waals surface area contributed by atoms with Crippen molar-refractivity contribution >= 4 is 15.8 Å². The van der Waals surface area contributed by atoms with Gasteiger partial charge in [0.2, 0.25) is 0 Å². The molecule has 2 aromatic rings. The zero-order valence-corrected chi connectivity index (χ0v) is 12.1. The summed E-state index contributed by atoms with van der Waals surface area (Å²) in [7, 11) is -1.95. The molecule has 7 heteroatoms. The van der Waals surface area contributed by atoms with Crippen molar-refractivity contribution in [3.63, 3.8) is 0 Å². The number of aryl methyl sites for hydroxylation is 3. The Morgan fingerprint density at radius 1 is 1.21 bits per heavy atom. The maximum Gasteiger partial charge on any atom is 0.266 e. The van der Waals surface area contributed by atoms with Crippen LogP contribution in [-0.2, 0) is 17.1 Å². The Bertz CT molecular complexity index is 699. The van der Waals surface area contributed by atoms with Crippen LogP contribution in [0.3, 0.4) is 0 Å². The molecule has 0 aromatic carbocycles. The number of nitrogens with one attached hydrogen (secondary N) is 1. The molecule has 6 nitrogen and oxygen atoms in total. The highest BCUT2D eigenvalue weighted by atomic mass is 32.2. The van der Waals surface area contributed by atoms with Gasteiger partial charge in [-0.15, -0.1) is 0 Å². The lowest BCUT2D eigenvalue weighted by Gasteiger charge is -2.08. The summed E-state index contributed by atoms with van der Waals surface area (Å²) < 4.78 is 28.5. The summed E-state index contributed by atoms with van der Waals surface area (Å²) in [6, 6.07) is 3.57. The van der Waals surface area contributed by atoms with Crippen molar-refractivity contribution in [3.05, 3.63) is 35.3 Å². The maximum absolute atomic E-state index is 12.3. The van der Waals surface area contributed by atoms with Gasteiger partial charge in [-0.05, 0) is 38.5 Å². The van der Waals surface area contributed by atoms with E-state index in [1.165, 1.54) is 10.9 Å². The first-order valence-corrected chi connectivity index (χ1v) is 7.24. The summed E-state index contributed by atoms with van der Waals surface area (Å²) in [6.07, 6.45) is 1.33. The van der Waals surface area contributed by atoms with Crippen LogP contribution in [-0.4, -0.2) is 23.2 Å². The largest absolute Gasteiger partial charge is 0.272 e. The summed E-state index contributed by atoms with van der Waals surface area (Å²) in [6.45, 7) is 5.42. The highest BCUT2D eigenvalue weighted by Crippen LogP contribution is 2.18. The molecule has 0 amide bonds. The van der Waals surface area contributed by atoms with Gasteiger partial charge >= 0.3 is 0 Å². The van der Waals surface area contributed by atoms with E-state index in [4.69, 9.17) is 0 Å². The normalized spacial score (nSPS) is 11.6. The number of rotatable bonds is 3. The molecule has 0 aliphatic heterocycles. The van der Waals surface area contributed by atoms with Gasteiger partial charge in [0.15, 0.2) is 0 Å². The second kappa shape index (κ2) is 4.65. The van der Waals surface area contributed by atoms with Crippen LogP contribution in [0.5, 0.6) is 0 Å². The van der Waals surface area contributed by atoms with Gasteiger partial charge in [-0.1, -0.05) is 0 Å². The topological polar surface area (TPSA) is 76.9 Å². The fourth-order valence-electron chi connectivity index (χ4n) is 1.83. The molecule has 0 aliphatic rings. The Hall–Kier alpha value is -1.89. The lowest BCUT2D eigenvalue weighted by Crippen LogP contribution is -2.15. The summed E-state index contributed by atoms with van der Waals surface area (Å²) >= 11 is 0. The molecule has 0 radical (unpaired) electrons. The Morgan fingerprint density at radius 3 is 2.42 bits per heavy atom. The SMILES string of the molecule is Cc1cc(C)nc(NS(=O)(=O)c2cnn(C)c2C)c1. The summed E-state index contributed by atoms with van der Waals surface area (Å²) in [4.78, 5) is 4.33. The van der Waals surface area contributed by atoms with Crippen molar-refractivity contribution in [1.82, 2.24) is 14.8 Å². The predicted molar refractivity (Wildman–Crippen MR) is 72.5 cm³/mol. The van der Waals surface area contributed by atoms with Gasteiger partial charge in [-0.25, -0.2) is 13.4 Å². The summed E-state index contributed by atoms with van der Waals surface area (Å²) in [5.74, 6) is 0.320. The molecule has 102 valence electrons. The van der Waals surface area contributed by atoms with E-state index in [-0.39, 0.29) is 4.90 Å². The molecule has 19 heavy (non-hydrogen) atoms. The highest BCUT2D eigenvalue weighted by Gasteiger charge is 2.20. The van der Waals surface area contributed by atoms with Gasteiger partial charge in [0, 0.05) is 12.7 Å². The first-order valence-electron chi connectivity index (χ1n) is 5.76. The second-order valence-electron chi connectivity index (χ2n) is 4.49. The standard InChI is InChI=1S/C12H16N4O2S/c1-8-5-9(2)14-12(6-8)15-19(17,18)11-7-13-16(4)10(11)3/h5-7H,1-4H3,(H,14,15). The van der Waals surface area contributed by atoms with Crippen LogP contribution in [0.4, 0.5) is 5.82 Å². The number of hydrogen-bond acceptors (Lipinski definition) is 4. The smallest absolute Gasteiger partial charge is 0.266 e. The average molecular weight is 280 g/mol. The van der Waals surface area contributed by atoms with Gasteiger partial charge in [0.25, 0.3) is 10.0 Å². The predicted octanol–water partition coefficient (Wildman–Crippen LogP) is 1.54. The van der Waals surface area contributed by atoms with E-state index in [1.54, 1.807) is 20.0 Å². The third-order valence-corrected chi connectivity index (χ3v) is 4.27. The molecule has 0 unspecified atom stereocenters. The Labute approximate surface area is 112 Å². The van der Waals surface area contributed by atoms with E-state index in [0.717, 1.165) is 11.3 Å². The summed E-state index contributed by atoms with van der Waals surface area (Å²) in [5.41, 5.74) is 2.30. The molecule has 0 spiro atoms. The first-order chi connectivity index (χ1) is 8.79. The highest BCUT2D eigenvalue weighted by molar-refractivity contribution is 7.92. The van der Waals surface area contributed by atoms with E-state index < -0.39 is 10.0 Å². The van der Waals surface area contributed by atoms with Crippen LogP contribution < -0.4 is 4.72 Å². The van der Waals surface area contributed by atoms with Crippen LogP contribution in [0.15, 0.2) is 23.2 Å². The number of hydrogen-bond donors (Lipinski definition) is 1. The molecular weight excluding hydrogens is 264 g/mol. The number of nitrogens with zero attached hydrogens (tertiary/aromatic N) is 3. The fraction of sp³-hybridized carbons (Fsp3) is 0.333. The van der Waals surface area contributed by atoms with Crippen molar-refractivity contribution in [2.45, 2.75) is 25.7 Å². The van der Waals surface area contributed by atoms with Crippen LogP contribution in [0, 0.1) is 20.8 Å². The molecule has 0 fully saturated rings. The van der Waals surface area contributed by atoms with E-state index in [2.05, 4.69) is 14.8 Å². The molecule has 0 bridgehead atoms. The molecule has 2 aromatic heterocycles. The van der Waals surface area contributed by atoms with Crippen LogP contribution in [0.1, 0.15) is 17.0 Å². The Balaban J connectivity index is 2.39. The Kier molecular flexibility index (Phi) is 3.32. The van der Waals surface area contributed by atoms with Crippen molar-refractivity contribution in [3.8, 4) is 0 Å². The number of aromatic nitrogens is 3. The van der Waals surface area contributed by atoms with Crippen molar-refractivity contribution < 1.29 is 8.42 Å². The molecule has 0 saturated heterocycles. The zero-order chi connectivity index (χ0) is 14.2. The summed E-state index contributed by atoms with van der Waals surface area (Å²) in [5, 5.41) is 3.94. The van der Waals surface area contributed by atoms with Gasteiger partial charge in [0.05, 0.1) is 11.9 Å². The second-order valence-corrected chi connectivity index (χ2v) is 6.15. The maximum atomic E-state index is 12.3. The van der Waals surface area contributed by atoms with E-state index in [1.807, 2.05) is 19.9 Å². The van der Waals surface area contributed by atoms with Crippen LogP contribution >= 0.6 is 0 Å². The van der Waals surface area contributed by atoms with Gasteiger partial charge in [-0.2, -0.15) is 5.10 Å². The van der Waals surface area contributed by atoms with Crippen LogP contribution in [0.25, 0.3) is 0 Å². The van der Waals surface area contributed by atoms with Gasteiger partial charge in [0.1, 0.15) is 10.7 Å². The van der Waals surface area contributed by atoms with Crippen LogP contribution in [0.2, 0.25) is 0 Å². The number of anilines is 1. The quantitative estimate of drug-likeness (QED) is 0.925. The first kappa shape index (κ1) is 13.5. The molecule has 0 atom stereocenters. The Morgan fingerprint density at radius 2 is 1.89 bits per heavy atom. The molecule has 2 heterocycles. The third kappa shape index (κ3) is 2.76. The molecular formula is C12H16N4O2S. The van der Waals surface area contributed by atoms with Gasteiger partial charge in [-0.3, -0.25) is 9.40 Å². The minimum atomic E-state index is -3.65. The average Bonchev–Trinajstić information content (AvgIpc) is 2.57. The molecule has 0 saturated carbocycles. The minimum Gasteiger partial charge on any atom is -0.272 e. The van der Waals surface area contributed by atoms with E-state index in [9.17, 15) is 8.42 Å². The monoisotopic (exact) mass is 280 g/mol. The van der Waals surface area contributed by atoms with E-state index in [0.29, 0.717) is 11.5 Å². The number of sulfonamides is 1. The van der Waals surface area contributed by atoms with Gasteiger partial charge < -0.3 is 0 Å². The van der Waals surface area contributed by atoms with Crippen molar-refractivity contribution in [1.29, 1.82) is 0 Å². The molecule has 1 N–H and O–H groups in total. The van der Waals surface area contributed by atoms with E-state index >= 15 is 0 Å². The minimum absolute atomic E-state index is 0.163. The number of pyridine rings is 1. The zero-order valence-electron chi connectivity index (χ0n) is 11.3. The lowest BCUT2D eigenvalue weighted by atomic mass is 10.2. The lowest BCUT2D eigenvalue weighted by molar-refractivity contribution is 0.600.